The highest BCUT2D eigenvalue weighted by Gasteiger charge is 2.02. The Morgan fingerprint density at radius 3 is 2.26 bits per heavy atom. The van der Waals surface area contributed by atoms with E-state index in [1.54, 1.807) is 0 Å². The maximum atomic E-state index is 5.81. The van der Waals surface area contributed by atoms with E-state index in [0.717, 1.165) is 62.5 Å². The van der Waals surface area contributed by atoms with Gasteiger partial charge in [0.05, 0.1) is 12.3 Å². The minimum absolute atomic E-state index is 0.736. The average Bonchev–Trinajstić information content (AvgIpc) is 2.71. The molecule has 0 aliphatic heterocycles. The normalized spacial score (nSPS) is 10.9. The second-order valence-corrected chi connectivity index (χ2v) is 7.05. The summed E-state index contributed by atoms with van der Waals surface area (Å²) in [5.74, 6) is 0.917. The molecular formula is C24H35NO2. The highest BCUT2D eigenvalue weighted by atomic mass is 16.5. The Kier molecular flexibility index (Phi) is 10.6. The van der Waals surface area contributed by atoms with Crippen molar-refractivity contribution < 1.29 is 9.47 Å². The van der Waals surface area contributed by atoms with Gasteiger partial charge in [0.15, 0.2) is 0 Å². The number of benzene rings is 1. The Balaban J connectivity index is 1.72. The molecule has 3 heteroatoms. The van der Waals surface area contributed by atoms with Crippen molar-refractivity contribution in [3.8, 4) is 17.0 Å². The van der Waals surface area contributed by atoms with E-state index in [9.17, 15) is 0 Å². The Bertz CT molecular complexity index is 607. The number of hydrogen-bond donors (Lipinski definition) is 0. The van der Waals surface area contributed by atoms with Gasteiger partial charge in [0, 0.05) is 25.0 Å². The highest BCUT2D eigenvalue weighted by molar-refractivity contribution is 5.60. The van der Waals surface area contributed by atoms with Crippen LogP contribution in [0.25, 0.3) is 11.3 Å². The van der Waals surface area contributed by atoms with Gasteiger partial charge in [0.1, 0.15) is 5.75 Å². The van der Waals surface area contributed by atoms with Crippen LogP contribution in [0.1, 0.15) is 64.4 Å². The summed E-state index contributed by atoms with van der Waals surface area (Å²) in [6.45, 7) is 6.80. The molecule has 0 saturated heterocycles. The van der Waals surface area contributed by atoms with Crippen molar-refractivity contribution in [3.63, 3.8) is 0 Å². The summed E-state index contributed by atoms with van der Waals surface area (Å²) in [5, 5.41) is 0. The molecule has 0 unspecified atom stereocenters. The van der Waals surface area contributed by atoms with Gasteiger partial charge in [-0.2, -0.15) is 0 Å². The van der Waals surface area contributed by atoms with Crippen molar-refractivity contribution in [1.29, 1.82) is 0 Å². The summed E-state index contributed by atoms with van der Waals surface area (Å²) >= 11 is 0. The van der Waals surface area contributed by atoms with Crippen molar-refractivity contribution in [1.82, 2.24) is 4.98 Å². The Hall–Kier alpha value is -1.87. The SMILES string of the molecule is CCCCCCc1ccc(-c2ccc(OCCCCOCCC)cc2)nc1. The summed E-state index contributed by atoms with van der Waals surface area (Å²) in [6, 6.07) is 12.6. The summed E-state index contributed by atoms with van der Waals surface area (Å²) in [7, 11) is 0. The van der Waals surface area contributed by atoms with Gasteiger partial charge >= 0.3 is 0 Å². The van der Waals surface area contributed by atoms with Crippen molar-refractivity contribution in [3.05, 3.63) is 48.2 Å². The molecule has 1 aromatic carbocycles. The van der Waals surface area contributed by atoms with Crippen molar-refractivity contribution in [2.45, 2.75) is 65.2 Å². The van der Waals surface area contributed by atoms with Crippen LogP contribution < -0.4 is 4.74 Å². The fraction of sp³-hybridized carbons (Fsp3) is 0.542. The molecule has 0 amide bonds. The van der Waals surface area contributed by atoms with Gasteiger partial charge in [-0.15, -0.1) is 0 Å². The number of aromatic nitrogens is 1. The number of unbranched alkanes of at least 4 members (excludes halogenated alkanes) is 4. The van der Waals surface area contributed by atoms with Crippen molar-refractivity contribution in [2.75, 3.05) is 19.8 Å². The lowest BCUT2D eigenvalue weighted by Gasteiger charge is -2.08. The van der Waals surface area contributed by atoms with E-state index in [2.05, 4.69) is 43.1 Å². The number of aryl methyl sites for hydroxylation is 1. The molecule has 0 saturated carbocycles. The molecule has 148 valence electrons. The summed E-state index contributed by atoms with van der Waals surface area (Å²) in [6.07, 6.45) is 11.5. The third-order valence-corrected chi connectivity index (χ3v) is 4.59. The first-order chi connectivity index (χ1) is 13.3. The molecule has 1 heterocycles. The molecule has 0 aliphatic carbocycles. The van der Waals surface area contributed by atoms with Gasteiger partial charge in [0.2, 0.25) is 0 Å². The first-order valence-electron chi connectivity index (χ1n) is 10.6. The highest BCUT2D eigenvalue weighted by Crippen LogP contribution is 2.21. The lowest BCUT2D eigenvalue weighted by molar-refractivity contribution is 0.127. The van der Waals surface area contributed by atoms with Crippen molar-refractivity contribution >= 4 is 0 Å². The quantitative estimate of drug-likeness (QED) is 0.358. The Labute approximate surface area is 165 Å². The number of pyridine rings is 1. The predicted molar refractivity (Wildman–Crippen MR) is 113 cm³/mol. The van der Waals surface area contributed by atoms with E-state index >= 15 is 0 Å². The molecule has 1 aromatic heterocycles. The fourth-order valence-electron chi connectivity index (χ4n) is 2.96. The van der Waals surface area contributed by atoms with Crippen LogP contribution in [-0.2, 0) is 11.2 Å². The van der Waals surface area contributed by atoms with Crippen LogP contribution in [0.4, 0.5) is 0 Å². The van der Waals surface area contributed by atoms with Gasteiger partial charge < -0.3 is 9.47 Å². The van der Waals surface area contributed by atoms with Crippen LogP contribution in [-0.4, -0.2) is 24.8 Å². The monoisotopic (exact) mass is 369 g/mol. The lowest BCUT2D eigenvalue weighted by Crippen LogP contribution is -2.01. The number of nitrogens with zero attached hydrogens (tertiary/aromatic N) is 1. The number of hydrogen-bond acceptors (Lipinski definition) is 3. The number of rotatable bonds is 14. The van der Waals surface area contributed by atoms with E-state index in [0.29, 0.717) is 0 Å². The van der Waals surface area contributed by atoms with Crippen molar-refractivity contribution in [2.24, 2.45) is 0 Å². The lowest BCUT2D eigenvalue weighted by atomic mass is 10.1. The first-order valence-corrected chi connectivity index (χ1v) is 10.6. The maximum Gasteiger partial charge on any atom is 0.119 e. The molecule has 0 atom stereocenters. The van der Waals surface area contributed by atoms with Crippen LogP contribution in [0.2, 0.25) is 0 Å². The summed E-state index contributed by atoms with van der Waals surface area (Å²) in [4.78, 5) is 4.63. The van der Waals surface area contributed by atoms with Gasteiger partial charge in [-0.25, -0.2) is 0 Å². The molecule has 3 nitrogen and oxygen atoms in total. The van der Waals surface area contributed by atoms with Gasteiger partial charge in [-0.05, 0) is 68.0 Å². The zero-order chi connectivity index (χ0) is 19.2. The van der Waals surface area contributed by atoms with E-state index < -0.39 is 0 Å². The van der Waals surface area contributed by atoms with Crippen LogP contribution in [0.3, 0.4) is 0 Å². The smallest absolute Gasteiger partial charge is 0.119 e. The van der Waals surface area contributed by atoms with Gasteiger partial charge in [0.25, 0.3) is 0 Å². The number of ether oxygens (including phenoxy) is 2. The predicted octanol–water partition coefficient (Wildman–Crippen LogP) is 6.46. The summed E-state index contributed by atoms with van der Waals surface area (Å²) < 4.78 is 11.3. The Morgan fingerprint density at radius 1 is 0.741 bits per heavy atom. The van der Waals surface area contributed by atoms with E-state index in [1.165, 1.54) is 31.2 Å². The Morgan fingerprint density at radius 2 is 1.56 bits per heavy atom. The third kappa shape index (κ3) is 8.57. The van der Waals surface area contributed by atoms with Crippen LogP contribution in [0, 0.1) is 0 Å². The molecule has 0 aliphatic rings. The molecule has 0 fully saturated rings. The second kappa shape index (κ2) is 13.3. The zero-order valence-corrected chi connectivity index (χ0v) is 17.1. The summed E-state index contributed by atoms with van der Waals surface area (Å²) in [5.41, 5.74) is 3.48. The molecule has 0 bridgehead atoms. The minimum atomic E-state index is 0.736. The van der Waals surface area contributed by atoms with Crippen LogP contribution >= 0.6 is 0 Å². The first kappa shape index (κ1) is 21.4. The molecule has 0 spiro atoms. The standard InChI is InChI=1S/C24H35NO2/c1-3-5-6-7-10-21-11-16-24(25-20-21)22-12-14-23(15-13-22)27-19-9-8-18-26-17-4-2/h11-16,20H,3-10,17-19H2,1-2H3. The molecule has 2 rings (SSSR count). The maximum absolute atomic E-state index is 5.81. The van der Waals surface area contributed by atoms with E-state index in [-0.39, 0.29) is 0 Å². The molecule has 0 radical (unpaired) electrons. The molecule has 0 N–H and O–H groups in total. The van der Waals surface area contributed by atoms with Crippen LogP contribution in [0.15, 0.2) is 42.6 Å². The largest absolute Gasteiger partial charge is 0.494 e. The molecular weight excluding hydrogens is 334 g/mol. The molecule has 2 aromatic rings. The van der Waals surface area contributed by atoms with Gasteiger partial charge in [-0.1, -0.05) is 39.2 Å². The average molecular weight is 370 g/mol. The third-order valence-electron chi connectivity index (χ3n) is 4.59. The topological polar surface area (TPSA) is 31.4 Å². The van der Waals surface area contributed by atoms with E-state index in [4.69, 9.17) is 9.47 Å². The second-order valence-electron chi connectivity index (χ2n) is 7.05. The van der Waals surface area contributed by atoms with E-state index in [1.807, 2.05) is 18.3 Å². The zero-order valence-electron chi connectivity index (χ0n) is 17.1. The molecule has 27 heavy (non-hydrogen) atoms. The van der Waals surface area contributed by atoms with Gasteiger partial charge in [-0.3, -0.25) is 4.98 Å². The minimum Gasteiger partial charge on any atom is -0.494 e. The van der Waals surface area contributed by atoms with Crippen LogP contribution in [0.5, 0.6) is 5.75 Å². The fourth-order valence-corrected chi connectivity index (χ4v) is 2.96.